The third-order valence-corrected chi connectivity index (χ3v) is 10.2. The molecule has 5 heterocycles. The molecule has 0 atom stereocenters. The van der Waals surface area contributed by atoms with Gasteiger partial charge >= 0.3 is 0 Å². The van der Waals surface area contributed by atoms with Crippen molar-refractivity contribution in [1.82, 2.24) is 28.9 Å². The van der Waals surface area contributed by atoms with E-state index in [0.29, 0.717) is 13.1 Å². The van der Waals surface area contributed by atoms with E-state index in [0.717, 1.165) is 83.9 Å². The van der Waals surface area contributed by atoms with Crippen molar-refractivity contribution in [2.75, 3.05) is 26.2 Å². The molecule has 0 radical (unpaired) electrons. The van der Waals surface area contributed by atoms with Gasteiger partial charge in [-0.1, -0.05) is 60.7 Å². The minimum atomic E-state index is -0.221. The first-order valence-corrected chi connectivity index (χ1v) is 17.2. The molecule has 0 unspecified atom stereocenters. The number of pyridine rings is 2. The van der Waals surface area contributed by atoms with Gasteiger partial charge in [0, 0.05) is 84.9 Å². The lowest BCUT2D eigenvalue weighted by Gasteiger charge is -2.34. The van der Waals surface area contributed by atoms with Gasteiger partial charge in [0.25, 0.3) is 0 Å². The molecular weight excluding hydrogens is 626 g/mol. The molecule has 0 bridgehead atoms. The van der Waals surface area contributed by atoms with E-state index in [2.05, 4.69) is 79.6 Å². The smallest absolute Gasteiger partial charge is 0.123 e. The van der Waals surface area contributed by atoms with E-state index in [1.54, 1.807) is 0 Å². The van der Waals surface area contributed by atoms with Crippen molar-refractivity contribution in [2.24, 2.45) is 0 Å². The zero-order chi connectivity index (χ0) is 33.6. The zero-order valence-corrected chi connectivity index (χ0v) is 27.6. The number of benzene rings is 4. The Labute approximate surface area is 288 Å². The Hall–Kier alpha value is -5.44. The number of piperazine rings is 1. The summed E-state index contributed by atoms with van der Waals surface area (Å²) in [5.41, 5.74) is 8.74. The van der Waals surface area contributed by atoms with Crippen LogP contribution in [0.5, 0.6) is 0 Å². The highest BCUT2D eigenvalue weighted by molar-refractivity contribution is 6.08. The van der Waals surface area contributed by atoms with Crippen molar-refractivity contribution in [2.45, 2.75) is 26.2 Å². The van der Waals surface area contributed by atoms with Crippen LogP contribution >= 0.6 is 0 Å². The average Bonchev–Trinajstić information content (AvgIpc) is 3.62. The summed E-state index contributed by atoms with van der Waals surface area (Å²) in [7, 11) is 0. The maximum absolute atomic E-state index is 13.6. The summed E-state index contributed by atoms with van der Waals surface area (Å²) < 4.78 is 31.7. The van der Waals surface area contributed by atoms with Gasteiger partial charge in [-0.25, -0.2) is 8.78 Å². The summed E-state index contributed by atoms with van der Waals surface area (Å²) >= 11 is 0. The second-order valence-electron chi connectivity index (χ2n) is 13.4. The van der Waals surface area contributed by atoms with Crippen molar-refractivity contribution in [1.29, 1.82) is 0 Å². The van der Waals surface area contributed by atoms with Crippen molar-refractivity contribution >= 4 is 43.6 Å². The maximum Gasteiger partial charge on any atom is 0.123 e. The van der Waals surface area contributed by atoms with Gasteiger partial charge in [-0.05, 0) is 59.7 Å². The quantitative estimate of drug-likeness (QED) is 0.164. The lowest BCUT2D eigenvalue weighted by atomic mass is 10.1. The molecule has 4 aromatic heterocycles. The van der Waals surface area contributed by atoms with Crippen LogP contribution in [0.1, 0.15) is 22.5 Å². The maximum atomic E-state index is 13.6. The minimum absolute atomic E-state index is 0.221. The van der Waals surface area contributed by atoms with Crippen molar-refractivity contribution in [3.05, 3.63) is 156 Å². The van der Waals surface area contributed by atoms with Crippen molar-refractivity contribution in [3.8, 4) is 0 Å². The normalized spacial score (nSPS) is 14.4. The molecule has 0 aliphatic carbocycles. The third kappa shape index (κ3) is 5.80. The van der Waals surface area contributed by atoms with Crippen LogP contribution in [0.2, 0.25) is 0 Å². The standard InChI is InChI=1S/C42H36F2N6/c43-31-13-9-29(10-14-31)25-49-39-7-3-1-5-35(39)37-21-33(45-23-41(37)49)27-47-17-19-48(20-18-47)28-34-22-38-36-6-2-4-8-40(36)50(42(38)24-46-34)26-30-11-15-32(44)16-12-30/h1-16,21-24H,17-20,25-28H2. The minimum Gasteiger partial charge on any atom is -0.335 e. The third-order valence-electron chi connectivity index (χ3n) is 10.2. The number of halogens is 2. The van der Waals surface area contributed by atoms with Gasteiger partial charge < -0.3 is 9.13 Å². The lowest BCUT2D eigenvalue weighted by Crippen LogP contribution is -2.45. The van der Waals surface area contributed by atoms with Crippen LogP contribution in [-0.4, -0.2) is 55.1 Å². The molecule has 1 aliphatic heterocycles. The molecule has 1 fully saturated rings. The van der Waals surface area contributed by atoms with Crippen LogP contribution in [0.3, 0.4) is 0 Å². The number of fused-ring (bicyclic) bond motifs is 6. The van der Waals surface area contributed by atoms with E-state index in [4.69, 9.17) is 9.97 Å². The molecule has 1 aliphatic rings. The molecule has 0 amide bonds. The molecule has 0 saturated carbocycles. The summed E-state index contributed by atoms with van der Waals surface area (Å²) in [6, 6.07) is 34.9. The molecule has 1 saturated heterocycles. The number of hydrogen-bond donors (Lipinski definition) is 0. The highest BCUT2D eigenvalue weighted by atomic mass is 19.1. The Bertz CT molecular complexity index is 2300. The van der Waals surface area contributed by atoms with Gasteiger partial charge in [0.05, 0.1) is 34.8 Å². The highest BCUT2D eigenvalue weighted by Gasteiger charge is 2.20. The van der Waals surface area contributed by atoms with Crippen LogP contribution < -0.4 is 0 Å². The second kappa shape index (κ2) is 12.8. The van der Waals surface area contributed by atoms with Crippen molar-refractivity contribution in [3.63, 3.8) is 0 Å². The van der Waals surface area contributed by atoms with Gasteiger partial charge in [0.1, 0.15) is 11.6 Å². The fourth-order valence-electron chi connectivity index (χ4n) is 7.60. The molecule has 50 heavy (non-hydrogen) atoms. The first-order valence-electron chi connectivity index (χ1n) is 17.2. The van der Waals surface area contributed by atoms with Gasteiger partial charge in [-0.2, -0.15) is 0 Å². The lowest BCUT2D eigenvalue weighted by molar-refractivity contribution is 0.120. The Morgan fingerprint density at radius 2 is 0.840 bits per heavy atom. The van der Waals surface area contributed by atoms with Crippen molar-refractivity contribution < 1.29 is 8.78 Å². The summed E-state index contributed by atoms with van der Waals surface area (Å²) in [6.45, 7) is 6.78. The van der Waals surface area contributed by atoms with E-state index in [-0.39, 0.29) is 11.6 Å². The highest BCUT2D eigenvalue weighted by Crippen LogP contribution is 2.32. The average molecular weight is 663 g/mol. The summed E-state index contributed by atoms with van der Waals surface area (Å²) in [5, 5.41) is 4.82. The summed E-state index contributed by atoms with van der Waals surface area (Å²) in [6.07, 6.45) is 4.01. The van der Waals surface area contributed by atoms with Gasteiger partial charge in [0.2, 0.25) is 0 Å². The van der Waals surface area contributed by atoms with E-state index >= 15 is 0 Å². The SMILES string of the molecule is Fc1ccc(Cn2c3ccccc3c3cc(CN4CCN(Cc5cc6c7ccccc7n(Cc7ccc(F)cc7)c6cn5)CC4)ncc32)cc1. The van der Waals surface area contributed by atoms with Crippen LogP contribution in [-0.2, 0) is 26.2 Å². The molecule has 4 aromatic carbocycles. The Balaban J connectivity index is 0.894. The van der Waals surface area contributed by atoms with Crippen LogP contribution in [0, 0.1) is 11.6 Å². The Kier molecular flexibility index (Phi) is 7.83. The van der Waals surface area contributed by atoms with Crippen LogP contribution in [0.4, 0.5) is 8.78 Å². The Morgan fingerprint density at radius 3 is 1.26 bits per heavy atom. The molecule has 6 nitrogen and oxygen atoms in total. The fraction of sp³-hybridized carbons (Fsp3) is 0.190. The number of para-hydroxylation sites is 2. The molecule has 248 valence electrons. The van der Waals surface area contributed by atoms with Crippen LogP contribution in [0.15, 0.2) is 122 Å². The summed E-state index contributed by atoms with van der Waals surface area (Å²) in [4.78, 5) is 14.8. The van der Waals surface area contributed by atoms with E-state index in [1.807, 2.05) is 36.7 Å². The zero-order valence-electron chi connectivity index (χ0n) is 27.6. The number of nitrogens with zero attached hydrogens (tertiary/aromatic N) is 6. The van der Waals surface area contributed by atoms with E-state index in [9.17, 15) is 8.78 Å². The first-order chi connectivity index (χ1) is 24.6. The number of rotatable bonds is 8. The Morgan fingerprint density at radius 1 is 0.440 bits per heavy atom. The van der Waals surface area contributed by atoms with E-state index in [1.165, 1.54) is 45.8 Å². The fourth-order valence-corrected chi connectivity index (χ4v) is 7.60. The summed E-state index contributed by atoms with van der Waals surface area (Å²) in [5.74, 6) is -0.442. The van der Waals surface area contributed by atoms with Gasteiger partial charge in [0.15, 0.2) is 0 Å². The monoisotopic (exact) mass is 662 g/mol. The molecular formula is C42H36F2N6. The predicted octanol–water partition coefficient (Wildman–Crippen LogP) is 8.39. The molecule has 0 spiro atoms. The largest absolute Gasteiger partial charge is 0.335 e. The topological polar surface area (TPSA) is 42.1 Å². The van der Waals surface area contributed by atoms with E-state index < -0.39 is 0 Å². The number of aromatic nitrogens is 4. The molecule has 8 heteroatoms. The molecule has 9 rings (SSSR count). The molecule has 0 N–H and O–H groups in total. The van der Waals surface area contributed by atoms with Gasteiger partial charge in [-0.15, -0.1) is 0 Å². The molecule has 8 aromatic rings. The predicted molar refractivity (Wildman–Crippen MR) is 196 cm³/mol. The van der Waals surface area contributed by atoms with Crippen LogP contribution in [0.25, 0.3) is 43.6 Å². The second-order valence-corrected chi connectivity index (χ2v) is 13.4. The first kappa shape index (κ1) is 30.6. The van der Waals surface area contributed by atoms with Gasteiger partial charge in [-0.3, -0.25) is 19.8 Å². The number of hydrogen-bond acceptors (Lipinski definition) is 4.